The molecule has 0 saturated heterocycles. The van der Waals surface area contributed by atoms with Gasteiger partial charge in [0.25, 0.3) is 0 Å². The first-order valence-electron chi connectivity index (χ1n) is 11.6. The van der Waals surface area contributed by atoms with E-state index in [4.69, 9.17) is 4.74 Å². The molecule has 0 saturated carbocycles. The van der Waals surface area contributed by atoms with E-state index in [-0.39, 0.29) is 5.75 Å². The van der Waals surface area contributed by atoms with Crippen LogP contribution in [0, 0.1) is 0 Å². The number of benzene rings is 4. The fraction of sp³-hybridized carbons (Fsp3) is 0.167. The number of esters is 1. The number of ether oxygens (including phenoxy) is 1. The number of rotatable bonds is 6. The molecule has 0 aliphatic heterocycles. The molecule has 0 radical (unpaired) electrons. The van der Waals surface area contributed by atoms with E-state index in [0.29, 0.717) is 17.5 Å². The van der Waals surface area contributed by atoms with Gasteiger partial charge in [-0.15, -0.1) is 0 Å². The van der Waals surface area contributed by atoms with E-state index in [1.807, 2.05) is 18.2 Å². The lowest BCUT2D eigenvalue weighted by Gasteiger charge is -2.11. The zero-order valence-corrected chi connectivity index (χ0v) is 19.4. The predicted molar refractivity (Wildman–Crippen MR) is 137 cm³/mol. The molecule has 34 heavy (non-hydrogen) atoms. The number of hydrogen-bond acceptors (Lipinski definition) is 3. The molecule has 4 heteroatoms. The van der Waals surface area contributed by atoms with Crippen molar-refractivity contribution < 1.29 is 14.6 Å². The maximum absolute atomic E-state index is 12.6. The summed E-state index contributed by atoms with van der Waals surface area (Å²) in [5, 5.41) is 12.4. The van der Waals surface area contributed by atoms with Crippen LogP contribution in [0.3, 0.4) is 0 Å². The molecule has 5 aromatic rings. The van der Waals surface area contributed by atoms with Crippen LogP contribution in [0.5, 0.6) is 5.75 Å². The van der Waals surface area contributed by atoms with Crippen molar-refractivity contribution in [1.82, 2.24) is 4.57 Å². The summed E-state index contributed by atoms with van der Waals surface area (Å²) < 4.78 is 7.24. The maximum Gasteiger partial charge on any atom is 0.338 e. The fourth-order valence-electron chi connectivity index (χ4n) is 4.80. The number of aromatic nitrogens is 1. The Morgan fingerprint density at radius 3 is 2.29 bits per heavy atom. The molecular weight excluding hydrogens is 422 g/mol. The largest absolute Gasteiger partial charge is 0.507 e. The van der Waals surface area contributed by atoms with E-state index in [1.54, 1.807) is 12.1 Å². The molecule has 0 atom stereocenters. The van der Waals surface area contributed by atoms with Crippen molar-refractivity contribution >= 4 is 27.8 Å². The average molecular weight is 450 g/mol. The molecule has 4 aromatic carbocycles. The minimum atomic E-state index is -0.409. The topological polar surface area (TPSA) is 51.5 Å². The maximum atomic E-state index is 12.6. The second-order valence-corrected chi connectivity index (χ2v) is 8.62. The molecule has 170 valence electrons. The van der Waals surface area contributed by atoms with Crippen LogP contribution in [0.2, 0.25) is 0 Å². The van der Waals surface area contributed by atoms with Gasteiger partial charge in [0.15, 0.2) is 0 Å². The average Bonchev–Trinajstić information content (AvgIpc) is 3.18. The van der Waals surface area contributed by atoms with Crippen molar-refractivity contribution in [2.45, 2.75) is 26.3 Å². The van der Waals surface area contributed by atoms with E-state index in [1.165, 1.54) is 18.2 Å². The second-order valence-electron chi connectivity index (χ2n) is 8.62. The van der Waals surface area contributed by atoms with Crippen LogP contribution >= 0.6 is 0 Å². The minimum absolute atomic E-state index is 0.187. The quantitative estimate of drug-likeness (QED) is 0.302. The third kappa shape index (κ3) is 3.92. The number of nitrogens with zero attached hydrogens (tertiary/aromatic N) is 1. The molecule has 1 heterocycles. The van der Waals surface area contributed by atoms with Crippen LogP contribution in [-0.4, -0.2) is 22.8 Å². The molecule has 0 aliphatic carbocycles. The Morgan fingerprint density at radius 2 is 1.53 bits per heavy atom. The number of phenolic OH excluding ortho intramolecular Hbond substituents is 1. The summed E-state index contributed by atoms with van der Waals surface area (Å²) in [5.41, 5.74) is 7.00. The summed E-state index contributed by atoms with van der Waals surface area (Å²) in [6.07, 6.45) is 1.68. The van der Waals surface area contributed by atoms with Gasteiger partial charge in [-0.2, -0.15) is 0 Å². The number of phenols is 1. The third-order valence-electron chi connectivity index (χ3n) is 6.43. The summed E-state index contributed by atoms with van der Waals surface area (Å²) in [5.74, 6) is -0.222. The number of hydrogen-bond donors (Lipinski definition) is 1. The van der Waals surface area contributed by atoms with Crippen LogP contribution in [0.1, 0.15) is 39.5 Å². The number of aromatic hydroxyl groups is 1. The summed E-state index contributed by atoms with van der Waals surface area (Å²) >= 11 is 0. The highest BCUT2D eigenvalue weighted by Crippen LogP contribution is 2.39. The lowest BCUT2D eigenvalue weighted by atomic mass is 10.0. The zero-order valence-electron chi connectivity index (χ0n) is 19.4. The van der Waals surface area contributed by atoms with Crippen molar-refractivity contribution in [3.63, 3.8) is 0 Å². The van der Waals surface area contributed by atoms with E-state index in [0.717, 1.165) is 40.4 Å². The first kappa shape index (κ1) is 21.8. The first-order valence-corrected chi connectivity index (χ1v) is 11.6. The molecule has 0 unspecified atom stereocenters. The lowest BCUT2D eigenvalue weighted by Crippen LogP contribution is -2.03. The Labute approximate surface area is 199 Å². The SMILES string of the molecule is CCc1cc(O)c2c3c(C(=O)OC)cccc3n(Cc3cccc(Cc4ccccc4)c3)c2c1. The van der Waals surface area contributed by atoms with Gasteiger partial charge in [0.05, 0.1) is 29.1 Å². The van der Waals surface area contributed by atoms with Gasteiger partial charge in [-0.25, -0.2) is 4.79 Å². The third-order valence-corrected chi connectivity index (χ3v) is 6.43. The summed E-state index contributed by atoms with van der Waals surface area (Å²) in [6.45, 7) is 2.69. The fourth-order valence-corrected chi connectivity index (χ4v) is 4.80. The first-order chi connectivity index (χ1) is 16.6. The van der Waals surface area contributed by atoms with E-state index in [2.05, 4.69) is 66.1 Å². The summed E-state index contributed by atoms with van der Waals surface area (Å²) in [4.78, 5) is 12.6. The van der Waals surface area contributed by atoms with E-state index >= 15 is 0 Å². The van der Waals surface area contributed by atoms with Crippen LogP contribution in [0.4, 0.5) is 0 Å². The molecule has 1 N–H and O–H groups in total. The van der Waals surface area contributed by atoms with Crippen molar-refractivity contribution in [2.75, 3.05) is 7.11 Å². The Bertz CT molecular complexity index is 1500. The number of fused-ring (bicyclic) bond motifs is 3. The minimum Gasteiger partial charge on any atom is -0.507 e. The van der Waals surface area contributed by atoms with Crippen LogP contribution in [0.25, 0.3) is 21.8 Å². The van der Waals surface area contributed by atoms with E-state index in [9.17, 15) is 9.90 Å². The zero-order chi connectivity index (χ0) is 23.7. The Morgan fingerprint density at radius 1 is 0.794 bits per heavy atom. The lowest BCUT2D eigenvalue weighted by molar-refractivity contribution is 0.0603. The highest BCUT2D eigenvalue weighted by Gasteiger charge is 2.21. The summed E-state index contributed by atoms with van der Waals surface area (Å²) in [7, 11) is 1.38. The number of methoxy groups -OCH3 is 1. The van der Waals surface area contributed by atoms with Gasteiger partial charge in [-0.1, -0.05) is 67.6 Å². The molecule has 1 aromatic heterocycles. The van der Waals surface area contributed by atoms with Gasteiger partial charge < -0.3 is 14.4 Å². The molecule has 4 nitrogen and oxygen atoms in total. The van der Waals surface area contributed by atoms with Gasteiger partial charge in [-0.3, -0.25) is 0 Å². The monoisotopic (exact) mass is 449 g/mol. The van der Waals surface area contributed by atoms with Gasteiger partial charge in [-0.05, 0) is 59.4 Å². The Kier molecular flexibility index (Phi) is 5.81. The number of aryl methyl sites for hydroxylation is 1. The van der Waals surface area contributed by atoms with Crippen molar-refractivity contribution in [3.05, 3.63) is 113 Å². The molecule has 0 bridgehead atoms. The van der Waals surface area contributed by atoms with Crippen LogP contribution in [0.15, 0.2) is 84.9 Å². The molecule has 0 amide bonds. The molecule has 0 spiro atoms. The van der Waals surface area contributed by atoms with Crippen LogP contribution in [-0.2, 0) is 24.1 Å². The van der Waals surface area contributed by atoms with Crippen molar-refractivity contribution in [2.24, 2.45) is 0 Å². The highest BCUT2D eigenvalue weighted by atomic mass is 16.5. The van der Waals surface area contributed by atoms with Gasteiger partial charge in [0.2, 0.25) is 0 Å². The highest BCUT2D eigenvalue weighted by molar-refractivity contribution is 6.19. The van der Waals surface area contributed by atoms with E-state index < -0.39 is 5.97 Å². The molecule has 0 fully saturated rings. The molecular formula is C30H27NO3. The Balaban J connectivity index is 1.67. The molecule has 0 aliphatic rings. The second kappa shape index (κ2) is 9.06. The Hall–Kier alpha value is -4.05. The van der Waals surface area contributed by atoms with Gasteiger partial charge >= 0.3 is 5.97 Å². The van der Waals surface area contributed by atoms with Crippen molar-refractivity contribution in [3.8, 4) is 5.75 Å². The van der Waals surface area contributed by atoms with Crippen molar-refractivity contribution in [1.29, 1.82) is 0 Å². The number of carbonyl (C=O) groups excluding carboxylic acids is 1. The predicted octanol–water partition coefficient (Wildman–Crippen LogP) is 6.49. The van der Waals surface area contributed by atoms with Gasteiger partial charge in [0, 0.05) is 11.9 Å². The van der Waals surface area contributed by atoms with Gasteiger partial charge in [0.1, 0.15) is 5.75 Å². The molecule has 5 rings (SSSR count). The number of carbonyl (C=O) groups is 1. The normalized spacial score (nSPS) is 11.2. The van der Waals surface area contributed by atoms with Crippen LogP contribution < -0.4 is 0 Å². The summed E-state index contributed by atoms with van der Waals surface area (Å²) in [6, 6.07) is 28.6. The standard InChI is InChI=1S/C30H27NO3/c1-3-20-17-26-29(27(32)18-20)28-24(30(33)34-2)13-8-14-25(28)31(26)19-23-12-7-11-22(16-23)15-21-9-5-4-6-10-21/h4-14,16-18,32H,3,15,19H2,1-2H3. The smallest absolute Gasteiger partial charge is 0.338 e.